The van der Waals surface area contributed by atoms with Crippen LogP contribution in [0.5, 0.6) is 0 Å². The molecule has 19 heavy (non-hydrogen) atoms. The fourth-order valence-corrected chi connectivity index (χ4v) is 2.53. The number of hydrogen-bond acceptors (Lipinski definition) is 1. The summed E-state index contributed by atoms with van der Waals surface area (Å²) in [5, 5.41) is 0. The van der Waals surface area contributed by atoms with Crippen molar-refractivity contribution in [3.63, 3.8) is 0 Å². The molecule has 2 nitrogen and oxygen atoms in total. The van der Waals surface area contributed by atoms with Crippen LogP contribution in [0, 0.1) is 5.82 Å². The van der Waals surface area contributed by atoms with Gasteiger partial charge in [0.1, 0.15) is 5.82 Å². The molecule has 2 N–H and O–H groups in total. The van der Waals surface area contributed by atoms with Crippen LogP contribution in [-0.4, -0.2) is 4.57 Å². The summed E-state index contributed by atoms with van der Waals surface area (Å²) in [5.74, 6) is -0.234. The normalized spacial score (nSPS) is 12.6. The molecule has 102 valence electrons. The third-order valence-corrected chi connectivity index (χ3v) is 3.76. The van der Waals surface area contributed by atoms with Crippen LogP contribution in [0.4, 0.5) is 4.39 Å². The Morgan fingerprint density at radius 3 is 2.84 bits per heavy atom. The van der Waals surface area contributed by atoms with Gasteiger partial charge in [0.05, 0.1) is 4.47 Å². The minimum atomic E-state index is -0.234. The summed E-state index contributed by atoms with van der Waals surface area (Å²) in [6.45, 7) is 2.85. The molecule has 0 amide bonds. The highest BCUT2D eigenvalue weighted by atomic mass is 79.9. The Hall–Kier alpha value is -1.13. The highest BCUT2D eigenvalue weighted by Gasteiger charge is 2.07. The molecular weight excluding hydrogens is 307 g/mol. The fraction of sp³-hybridized carbons (Fsp3) is 0.333. The standard InChI is InChI=1S/C15H18BrFN2/c1-2-3-15(18)12-6-7-19(10-12)9-11-4-5-14(17)13(16)8-11/h4-8,10,15H,2-3,9,18H2,1H3. The van der Waals surface area contributed by atoms with Gasteiger partial charge >= 0.3 is 0 Å². The van der Waals surface area contributed by atoms with E-state index < -0.39 is 0 Å². The maximum Gasteiger partial charge on any atom is 0.137 e. The van der Waals surface area contributed by atoms with E-state index in [1.807, 2.05) is 6.20 Å². The van der Waals surface area contributed by atoms with Crippen LogP contribution in [-0.2, 0) is 6.54 Å². The van der Waals surface area contributed by atoms with Crippen molar-refractivity contribution >= 4 is 15.9 Å². The third kappa shape index (κ3) is 3.67. The molecule has 0 saturated carbocycles. The summed E-state index contributed by atoms with van der Waals surface area (Å²) < 4.78 is 15.7. The second-order valence-corrected chi connectivity index (χ2v) is 5.62. The van der Waals surface area contributed by atoms with Crippen LogP contribution < -0.4 is 5.73 Å². The van der Waals surface area contributed by atoms with Crippen LogP contribution in [0.25, 0.3) is 0 Å². The van der Waals surface area contributed by atoms with Gasteiger partial charge in [-0.3, -0.25) is 0 Å². The van der Waals surface area contributed by atoms with E-state index in [2.05, 4.69) is 39.7 Å². The quantitative estimate of drug-likeness (QED) is 0.876. The SMILES string of the molecule is CCCC(N)c1ccn(Cc2ccc(F)c(Br)c2)c1. The van der Waals surface area contributed by atoms with Crippen molar-refractivity contribution in [1.29, 1.82) is 0 Å². The Kier molecular flexibility index (Phi) is 4.77. The van der Waals surface area contributed by atoms with Crippen LogP contribution >= 0.6 is 15.9 Å². The lowest BCUT2D eigenvalue weighted by Gasteiger charge is -2.08. The molecule has 0 fully saturated rings. The van der Waals surface area contributed by atoms with Crippen molar-refractivity contribution in [2.45, 2.75) is 32.4 Å². The summed E-state index contributed by atoms with van der Waals surface area (Å²) in [6.07, 6.45) is 6.16. The molecule has 0 bridgehead atoms. The van der Waals surface area contributed by atoms with Crippen LogP contribution in [0.3, 0.4) is 0 Å². The van der Waals surface area contributed by atoms with Gasteiger partial charge in [-0.25, -0.2) is 4.39 Å². The Morgan fingerprint density at radius 1 is 1.37 bits per heavy atom. The highest BCUT2D eigenvalue weighted by Crippen LogP contribution is 2.19. The molecule has 0 saturated heterocycles. The number of rotatable bonds is 5. The molecule has 1 aromatic carbocycles. The first-order chi connectivity index (χ1) is 9.10. The van der Waals surface area contributed by atoms with Gasteiger partial charge in [-0.1, -0.05) is 19.4 Å². The molecule has 0 aliphatic heterocycles. The summed E-state index contributed by atoms with van der Waals surface area (Å²) in [6, 6.07) is 7.24. The van der Waals surface area contributed by atoms with E-state index in [1.165, 1.54) is 6.07 Å². The highest BCUT2D eigenvalue weighted by molar-refractivity contribution is 9.10. The molecule has 0 aliphatic rings. The maximum atomic E-state index is 13.2. The maximum absolute atomic E-state index is 13.2. The topological polar surface area (TPSA) is 30.9 Å². The first-order valence-corrected chi connectivity index (χ1v) is 7.24. The summed E-state index contributed by atoms with van der Waals surface area (Å²) in [7, 11) is 0. The van der Waals surface area contributed by atoms with Gasteiger partial charge in [0, 0.05) is 25.0 Å². The zero-order chi connectivity index (χ0) is 13.8. The van der Waals surface area contributed by atoms with Crippen molar-refractivity contribution in [1.82, 2.24) is 4.57 Å². The van der Waals surface area contributed by atoms with E-state index in [4.69, 9.17) is 5.73 Å². The number of nitrogens with two attached hydrogens (primary N) is 1. The predicted octanol–water partition coefficient (Wildman–Crippen LogP) is 4.24. The van der Waals surface area contributed by atoms with Gasteiger partial charge in [0.15, 0.2) is 0 Å². The van der Waals surface area contributed by atoms with Gasteiger partial charge in [0.25, 0.3) is 0 Å². The monoisotopic (exact) mass is 324 g/mol. The lowest BCUT2D eigenvalue weighted by Crippen LogP contribution is -2.08. The Morgan fingerprint density at radius 2 is 2.16 bits per heavy atom. The molecule has 1 unspecified atom stereocenters. The molecule has 1 aromatic heterocycles. The van der Waals surface area contributed by atoms with Gasteiger partial charge in [-0.15, -0.1) is 0 Å². The van der Waals surface area contributed by atoms with Crippen molar-refractivity contribution in [3.8, 4) is 0 Å². The molecule has 2 rings (SSSR count). The van der Waals surface area contributed by atoms with E-state index in [0.29, 0.717) is 4.47 Å². The Labute approximate surface area is 121 Å². The second-order valence-electron chi connectivity index (χ2n) is 4.76. The molecular formula is C15H18BrFN2. The first kappa shape index (κ1) is 14.3. The average Bonchev–Trinajstić information content (AvgIpc) is 2.83. The number of nitrogens with zero attached hydrogens (tertiary/aromatic N) is 1. The summed E-state index contributed by atoms with van der Waals surface area (Å²) in [4.78, 5) is 0. The van der Waals surface area contributed by atoms with E-state index in [1.54, 1.807) is 12.1 Å². The van der Waals surface area contributed by atoms with Crippen LogP contribution in [0.1, 0.15) is 36.9 Å². The zero-order valence-electron chi connectivity index (χ0n) is 10.9. The fourth-order valence-electron chi connectivity index (χ4n) is 2.10. The van der Waals surface area contributed by atoms with Gasteiger partial charge in [-0.05, 0) is 51.7 Å². The molecule has 0 spiro atoms. The number of aromatic nitrogens is 1. The number of halogens is 2. The lowest BCUT2D eigenvalue weighted by atomic mass is 10.1. The average molecular weight is 325 g/mol. The van der Waals surface area contributed by atoms with E-state index in [0.717, 1.165) is 30.5 Å². The molecule has 4 heteroatoms. The smallest absolute Gasteiger partial charge is 0.137 e. The summed E-state index contributed by atoms with van der Waals surface area (Å²) in [5.41, 5.74) is 8.30. The minimum absolute atomic E-state index is 0.103. The Bertz CT molecular complexity index is 551. The van der Waals surface area contributed by atoms with Crippen molar-refractivity contribution in [2.24, 2.45) is 5.73 Å². The zero-order valence-corrected chi connectivity index (χ0v) is 12.5. The third-order valence-electron chi connectivity index (χ3n) is 3.15. The van der Waals surface area contributed by atoms with Crippen molar-refractivity contribution in [2.75, 3.05) is 0 Å². The van der Waals surface area contributed by atoms with E-state index >= 15 is 0 Å². The van der Waals surface area contributed by atoms with Gasteiger partial charge < -0.3 is 10.3 Å². The molecule has 0 aliphatic carbocycles. The first-order valence-electron chi connectivity index (χ1n) is 6.45. The van der Waals surface area contributed by atoms with Crippen LogP contribution in [0.2, 0.25) is 0 Å². The molecule has 1 heterocycles. The van der Waals surface area contributed by atoms with Gasteiger partial charge in [-0.2, -0.15) is 0 Å². The van der Waals surface area contributed by atoms with Crippen LogP contribution in [0.15, 0.2) is 41.1 Å². The van der Waals surface area contributed by atoms with Gasteiger partial charge in [0.2, 0.25) is 0 Å². The largest absolute Gasteiger partial charge is 0.350 e. The molecule has 0 radical (unpaired) electrons. The predicted molar refractivity (Wildman–Crippen MR) is 79.5 cm³/mol. The molecule has 1 atom stereocenters. The number of benzene rings is 1. The van der Waals surface area contributed by atoms with Crippen molar-refractivity contribution < 1.29 is 4.39 Å². The number of hydrogen-bond donors (Lipinski definition) is 1. The second kappa shape index (κ2) is 6.35. The Balaban J connectivity index is 2.09. The van der Waals surface area contributed by atoms with E-state index in [-0.39, 0.29) is 11.9 Å². The van der Waals surface area contributed by atoms with Crippen molar-refractivity contribution in [3.05, 3.63) is 58.1 Å². The summed E-state index contributed by atoms with van der Waals surface area (Å²) >= 11 is 3.20. The molecule has 2 aromatic rings. The minimum Gasteiger partial charge on any atom is -0.350 e. The lowest BCUT2D eigenvalue weighted by molar-refractivity contribution is 0.619. The van der Waals surface area contributed by atoms with E-state index in [9.17, 15) is 4.39 Å².